The molecule has 0 fully saturated rings. The van der Waals surface area contributed by atoms with Gasteiger partial charge in [-0.1, -0.05) is 35.9 Å². The van der Waals surface area contributed by atoms with Gasteiger partial charge in [-0.3, -0.25) is 9.59 Å². The highest BCUT2D eigenvalue weighted by molar-refractivity contribution is 6.32. The zero-order valence-electron chi connectivity index (χ0n) is 18.3. The van der Waals surface area contributed by atoms with Crippen molar-refractivity contribution in [2.45, 2.75) is 13.1 Å². The highest BCUT2D eigenvalue weighted by Gasteiger charge is 2.11. The van der Waals surface area contributed by atoms with Crippen LogP contribution < -0.4 is 15.4 Å². The van der Waals surface area contributed by atoms with Gasteiger partial charge in [0.1, 0.15) is 5.75 Å². The summed E-state index contributed by atoms with van der Waals surface area (Å²) in [7, 11) is 5.52. The first-order chi connectivity index (χ1) is 15.4. The first-order valence-corrected chi connectivity index (χ1v) is 10.5. The molecule has 0 aromatic heterocycles. The fourth-order valence-corrected chi connectivity index (χ4v) is 3.36. The van der Waals surface area contributed by atoms with Crippen molar-refractivity contribution in [2.75, 3.05) is 26.5 Å². The standard InChI is InChI=1S/C25H26ClN3O3/c1-29(2)16-17-7-10-21(11-8-17)28-25(31)19-6-4-5-18(13-19)15-27-24(30)20-9-12-22(26)23(14-20)32-3/h4-14H,15-16H2,1-3H3,(H,27,30)(H,28,31). The van der Waals surface area contributed by atoms with Gasteiger partial charge in [-0.2, -0.15) is 0 Å². The third-order valence-corrected chi connectivity index (χ3v) is 5.08. The Bertz CT molecular complexity index is 1100. The number of carbonyl (C=O) groups excluding carboxylic acids is 2. The molecule has 0 radical (unpaired) electrons. The van der Waals surface area contributed by atoms with Crippen LogP contribution in [0.15, 0.2) is 66.7 Å². The van der Waals surface area contributed by atoms with Crippen LogP contribution in [0.3, 0.4) is 0 Å². The zero-order chi connectivity index (χ0) is 23.1. The molecule has 32 heavy (non-hydrogen) atoms. The Balaban J connectivity index is 1.61. The van der Waals surface area contributed by atoms with E-state index in [4.69, 9.17) is 16.3 Å². The first kappa shape index (κ1) is 23.3. The monoisotopic (exact) mass is 451 g/mol. The van der Waals surface area contributed by atoms with Crippen molar-refractivity contribution in [1.82, 2.24) is 10.2 Å². The minimum absolute atomic E-state index is 0.207. The molecule has 0 aliphatic carbocycles. The minimum atomic E-state index is -0.257. The van der Waals surface area contributed by atoms with Crippen molar-refractivity contribution in [3.8, 4) is 5.75 Å². The maximum absolute atomic E-state index is 12.7. The quantitative estimate of drug-likeness (QED) is 0.525. The molecule has 7 heteroatoms. The van der Waals surface area contributed by atoms with Crippen LogP contribution in [-0.4, -0.2) is 37.9 Å². The number of nitrogens with one attached hydrogen (secondary N) is 2. The van der Waals surface area contributed by atoms with E-state index >= 15 is 0 Å². The fraction of sp³-hybridized carbons (Fsp3) is 0.200. The van der Waals surface area contributed by atoms with Gasteiger partial charge in [-0.25, -0.2) is 0 Å². The van der Waals surface area contributed by atoms with Gasteiger partial charge in [-0.05, 0) is 67.7 Å². The van der Waals surface area contributed by atoms with Crippen LogP contribution in [0.25, 0.3) is 0 Å². The Morgan fingerprint density at radius 2 is 1.62 bits per heavy atom. The molecular weight excluding hydrogens is 426 g/mol. The van der Waals surface area contributed by atoms with E-state index in [1.807, 2.05) is 44.4 Å². The number of anilines is 1. The highest BCUT2D eigenvalue weighted by atomic mass is 35.5. The highest BCUT2D eigenvalue weighted by Crippen LogP contribution is 2.25. The van der Waals surface area contributed by atoms with Crippen LogP contribution in [-0.2, 0) is 13.1 Å². The lowest BCUT2D eigenvalue weighted by Crippen LogP contribution is -2.23. The predicted octanol–water partition coefficient (Wildman–Crippen LogP) is 4.59. The Morgan fingerprint density at radius 1 is 0.906 bits per heavy atom. The third kappa shape index (κ3) is 6.33. The Labute approximate surface area is 193 Å². The molecule has 0 unspecified atom stereocenters. The number of benzene rings is 3. The Morgan fingerprint density at radius 3 is 2.31 bits per heavy atom. The van der Waals surface area contributed by atoms with Crippen molar-refractivity contribution in [3.05, 3.63) is 94.0 Å². The zero-order valence-corrected chi connectivity index (χ0v) is 19.1. The summed E-state index contributed by atoms with van der Waals surface area (Å²) in [6.45, 7) is 1.12. The summed E-state index contributed by atoms with van der Waals surface area (Å²) >= 11 is 6.01. The predicted molar refractivity (Wildman–Crippen MR) is 127 cm³/mol. The second-order valence-electron chi connectivity index (χ2n) is 7.62. The molecule has 0 atom stereocenters. The lowest BCUT2D eigenvalue weighted by molar-refractivity contribution is 0.0950. The van der Waals surface area contributed by atoms with Gasteiger partial charge in [0.15, 0.2) is 0 Å². The first-order valence-electron chi connectivity index (χ1n) is 10.1. The molecule has 6 nitrogen and oxygen atoms in total. The molecular formula is C25H26ClN3O3. The van der Waals surface area contributed by atoms with E-state index in [-0.39, 0.29) is 18.4 Å². The third-order valence-electron chi connectivity index (χ3n) is 4.77. The normalized spacial score (nSPS) is 10.7. The van der Waals surface area contributed by atoms with Crippen LogP contribution >= 0.6 is 11.6 Å². The average molecular weight is 452 g/mol. The largest absolute Gasteiger partial charge is 0.495 e. The number of carbonyl (C=O) groups is 2. The number of hydrogen-bond acceptors (Lipinski definition) is 4. The summed E-state index contributed by atoms with van der Waals surface area (Å²) in [5, 5.41) is 6.20. The van der Waals surface area contributed by atoms with E-state index in [2.05, 4.69) is 15.5 Å². The molecule has 0 heterocycles. The van der Waals surface area contributed by atoms with E-state index < -0.39 is 0 Å². The van der Waals surface area contributed by atoms with E-state index in [1.165, 1.54) is 12.7 Å². The molecule has 0 aliphatic rings. The maximum atomic E-state index is 12.7. The Kier molecular flexibility index (Phi) is 7.87. The second-order valence-corrected chi connectivity index (χ2v) is 8.03. The average Bonchev–Trinajstić information content (AvgIpc) is 2.79. The van der Waals surface area contributed by atoms with E-state index in [9.17, 15) is 9.59 Å². The summed E-state index contributed by atoms with van der Waals surface area (Å²) in [5.74, 6) is -0.0265. The van der Waals surface area contributed by atoms with Crippen LogP contribution in [0.1, 0.15) is 31.8 Å². The number of rotatable bonds is 8. The Hall–Kier alpha value is -3.35. The number of nitrogens with zero attached hydrogens (tertiary/aromatic N) is 1. The summed E-state index contributed by atoms with van der Waals surface area (Å²) in [6, 6.07) is 19.8. The van der Waals surface area contributed by atoms with Crippen LogP contribution in [0.2, 0.25) is 5.02 Å². The molecule has 0 spiro atoms. The van der Waals surface area contributed by atoms with Crippen molar-refractivity contribution in [2.24, 2.45) is 0 Å². The van der Waals surface area contributed by atoms with Crippen molar-refractivity contribution < 1.29 is 14.3 Å². The molecule has 3 aromatic rings. The van der Waals surface area contributed by atoms with Gasteiger partial charge in [0.2, 0.25) is 0 Å². The second kappa shape index (κ2) is 10.8. The molecule has 2 amide bonds. The van der Waals surface area contributed by atoms with Gasteiger partial charge in [-0.15, -0.1) is 0 Å². The topological polar surface area (TPSA) is 70.7 Å². The maximum Gasteiger partial charge on any atom is 0.255 e. The lowest BCUT2D eigenvalue weighted by atomic mass is 10.1. The number of hydrogen-bond donors (Lipinski definition) is 2. The molecule has 0 saturated heterocycles. The van der Waals surface area contributed by atoms with Crippen molar-refractivity contribution in [1.29, 1.82) is 0 Å². The van der Waals surface area contributed by atoms with E-state index in [1.54, 1.807) is 36.4 Å². The summed E-state index contributed by atoms with van der Waals surface area (Å²) in [5.41, 5.74) is 3.67. The SMILES string of the molecule is COc1cc(C(=O)NCc2cccc(C(=O)Nc3ccc(CN(C)C)cc3)c2)ccc1Cl. The molecule has 3 rings (SSSR count). The molecule has 0 saturated carbocycles. The lowest BCUT2D eigenvalue weighted by Gasteiger charge is -2.11. The smallest absolute Gasteiger partial charge is 0.255 e. The summed E-state index contributed by atoms with van der Waals surface area (Å²) in [6.07, 6.45) is 0. The summed E-state index contributed by atoms with van der Waals surface area (Å²) in [4.78, 5) is 27.2. The molecule has 3 aromatic carbocycles. The molecule has 0 aliphatic heterocycles. The van der Waals surface area contributed by atoms with E-state index in [0.29, 0.717) is 21.9 Å². The van der Waals surface area contributed by atoms with Gasteiger partial charge in [0.25, 0.3) is 11.8 Å². The van der Waals surface area contributed by atoms with Crippen molar-refractivity contribution in [3.63, 3.8) is 0 Å². The molecule has 0 bridgehead atoms. The van der Waals surface area contributed by atoms with Crippen molar-refractivity contribution >= 4 is 29.1 Å². The van der Waals surface area contributed by atoms with Crippen LogP contribution in [0.4, 0.5) is 5.69 Å². The van der Waals surface area contributed by atoms with Gasteiger partial charge in [0, 0.05) is 29.9 Å². The fourth-order valence-electron chi connectivity index (χ4n) is 3.17. The van der Waals surface area contributed by atoms with E-state index in [0.717, 1.165) is 17.8 Å². The van der Waals surface area contributed by atoms with Gasteiger partial charge >= 0.3 is 0 Å². The van der Waals surface area contributed by atoms with Crippen LogP contribution in [0.5, 0.6) is 5.75 Å². The number of methoxy groups -OCH3 is 1. The number of amides is 2. The van der Waals surface area contributed by atoms with Gasteiger partial charge < -0.3 is 20.3 Å². The molecule has 166 valence electrons. The number of halogens is 1. The van der Waals surface area contributed by atoms with Gasteiger partial charge in [0.05, 0.1) is 12.1 Å². The summed E-state index contributed by atoms with van der Waals surface area (Å²) < 4.78 is 5.15. The van der Waals surface area contributed by atoms with Crippen LogP contribution in [0, 0.1) is 0 Å². The molecule has 2 N–H and O–H groups in total. The number of ether oxygens (including phenoxy) is 1. The minimum Gasteiger partial charge on any atom is -0.495 e.